The van der Waals surface area contributed by atoms with Crippen molar-refractivity contribution in [3.05, 3.63) is 24.2 Å². The molecule has 1 N–H and O–H groups in total. The molecule has 1 amide bonds. The van der Waals surface area contributed by atoms with Gasteiger partial charge in [-0.2, -0.15) is 23.5 Å². The molecular weight excluding hydrogens is 279 g/mol. The number of furan rings is 1. The molecular formula is C11H8F3N3O3. The average Bonchev–Trinajstić information content (AvgIpc) is 2.86. The number of amides is 1. The summed E-state index contributed by atoms with van der Waals surface area (Å²) in [6.07, 6.45) is -5.42. The van der Waals surface area contributed by atoms with Gasteiger partial charge in [0.1, 0.15) is 17.9 Å². The SMILES string of the molecule is N#CCC(=O)NN=C(CC(=O)C(F)(F)F)c1ccco1. The molecule has 0 aliphatic carbocycles. The van der Waals surface area contributed by atoms with E-state index in [0.29, 0.717) is 0 Å². The number of ketones is 1. The van der Waals surface area contributed by atoms with Crippen LogP contribution in [0.3, 0.4) is 0 Å². The number of carbonyl (C=O) groups excluding carboxylic acids is 2. The van der Waals surface area contributed by atoms with E-state index in [4.69, 9.17) is 9.68 Å². The van der Waals surface area contributed by atoms with Crippen molar-refractivity contribution in [3.8, 4) is 6.07 Å². The van der Waals surface area contributed by atoms with Gasteiger partial charge in [-0.05, 0) is 12.1 Å². The molecule has 0 aliphatic heterocycles. The highest BCUT2D eigenvalue weighted by molar-refractivity contribution is 6.11. The smallest absolute Gasteiger partial charge is 0.450 e. The van der Waals surface area contributed by atoms with Gasteiger partial charge in [-0.15, -0.1) is 0 Å². The zero-order valence-electron chi connectivity index (χ0n) is 9.90. The van der Waals surface area contributed by atoms with Gasteiger partial charge in [0.25, 0.3) is 5.91 Å². The summed E-state index contributed by atoms with van der Waals surface area (Å²) in [4.78, 5) is 21.9. The number of hydrazone groups is 1. The van der Waals surface area contributed by atoms with Crippen LogP contribution >= 0.6 is 0 Å². The van der Waals surface area contributed by atoms with E-state index < -0.39 is 30.7 Å². The van der Waals surface area contributed by atoms with Crippen LogP contribution in [0.5, 0.6) is 0 Å². The monoisotopic (exact) mass is 287 g/mol. The van der Waals surface area contributed by atoms with E-state index in [1.54, 1.807) is 0 Å². The predicted molar refractivity (Wildman–Crippen MR) is 59.3 cm³/mol. The molecule has 106 valence electrons. The minimum absolute atomic E-state index is 0.0835. The van der Waals surface area contributed by atoms with Gasteiger partial charge in [0.15, 0.2) is 0 Å². The lowest BCUT2D eigenvalue weighted by Gasteiger charge is -2.06. The summed E-state index contributed by atoms with van der Waals surface area (Å²) < 4.78 is 41.5. The molecule has 0 radical (unpaired) electrons. The zero-order chi connectivity index (χ0) is 15.2. The summed E-state index contributed by atoms with van der Waals surface area (Å²) in [5.41, 5.74) is 1.49. The molecule has 1 aromatic rings. The van der Waals surface area contributed by atoms with Crippen molar-refractivity contribution in [2.45, 2.75) is 19.0 Å². The largest absolute Gasteiger partial charge is 0.463 e. The number of hydrogen-bond donors (Lipinski definition) is 1. The van der Waals surface area contributed by atoms with E-state index >= 15 is 0 Å². The van der Waals surface area contributed by atoms with Crippen molar-refractivity contribution < 1.29 is 27.2 Å². The number of nitrogens with zero attached hydrogens (tertiary/aromatic N) is 2. The molecule has 20 heavy (non-hydrogen) atoms. The predicted octanol–water partition coefficient (Wildman–Crippen LogP) is 1.54. The van der Waals surface area contributed by atoms with Crippen LogP contribution in [0.25, 0.3) is 0 Å². The molecule has 9 heteroatoms. The van der Waals surface area contributed by atoms with Crippen molar-refractivity contribution >= 4 is 17.4 Å². The van der Waals surface area contributed by atoms with Crippen molar-refractivity contribution in [2.24, 2.45) is 5.10 Å². The fourth-order valence-electron chi connectivity index (χ4n) is 1.12. The number of halogens is 3. The topological polar surface area (TPSA) is 95.5 Å². The van der Waals surface area contributed by atoms with Crippen molar-refractivity contribution in [1.82, 2.24) is 5.43 Å². The summed E-state index contributed by atoms with van der Waals surface area (Å²) >= 11 is 0. The molecule has 0 saturated heterocycles. The standard InChI is InChI=1S/C11H8F3N3O3/c12-11(13,14)9(18)6-7(8-2-1-5-20-8)16-17-10(19)3-4-15/h1-2,5H,3,6H2,(H,17,19). The molecule has 0 aliphatic rings. The van der Waals surface area contributed by atoms with Crippen LogP contribution in [-0.2, 0) is 9.59 Å². The molecule has 1 heterocycles. The molecule has 0 atom stereocenters. The second-order valence-corrected chi connectivity index (χ2v) is 3.50. The second kappa shape index (κ2) is 6.51. The van der Waals surface area contributed by atoms with Gasteiger partial charge in [0, 0.05) is 0 Å². The maximum absolute atomic E-state index is 12.2. The highest BCUT2D eigenvalue weighted by atomic mass is 19.4. The Kier molecular flexibility index (Phi) is 5.02. The van der Waals surface area contributed by atoms with Crippen LogP contribution in [0, 0.1) is 11.3 Å². The number of alkyl halides is 3. The van der Waals surface area contributed by atoms with Crippen molar-refractivity contribution in [1.29, 1.82) is 5.26 Å². The van der Waals surface area contributed by atoms with Crippen molar-refractivity contribution in [2.75, 3.05) is 0 Å². The van der Waals surface area contributed by atoms with Crippen LogP contribution in [0.1, 0.15) is 18.6 Å². The lowest BCUT2D eigenvalue weighted by molar-refractivity contribution is -0.169. The molecule has 6 nitrogen and oxygen atoms in total. The molecule has 0 saturated carbocycles. The third kappa shape index (κ3) is 4.56. The molecule has 0 unspecified atom stereocenters. The third-order valence-corrected chi connectivity index (χ3v) is 2.00. The zero-order valence-corrected chi connectivity index (χ0v) is 9.90. The van der Waals surface area contributed by atoms with Crippen molar-refractivity contribution in [3.63, 3.8) is 0 Å². The van der Waals surface area contributed by atoms with E-state index in [2.05, 4.69) is 5.10 Å². The third-order valence-electron chi connectivity index (χ3n) is 2.00. The maximum Gasteiger partial charge on any atom is 0.450 e. The van der Waals surface area contributed by atoms with Crippen LogP contribution in [0.2, 0.25) is 0 Å². The van der Waals surface area contributed by atoms with Gasteiger partial charge in [-0.1, -0.05) is 0 Å². The summed E-state index contributed by atoms with van der Waals surface area (Å²) in [7, 11) is 0. The minimum Gasteiger partial charge on any atom is -0.463 e. The summed E-state index contributed by atoms with van der Waals surface area (Å²) in [6.45, 7) is 0. The van der Waals surface area contributed by atoms with Gasteiger partial charge in [0.2, 0.25) is 5.78 Å². The Morgan fingerprint density at radius 1 is 1.45 bits per heavy atom. The highest BCUT2D eigenvalue weighted by Gasteiger charge is 2.39. The molecule has 0 bridgehead atoms. The quantitative estimate of drug-likeness (QED) is 0.656. The number of nitriles is 1. The number of Topliss-reactive ketones (excluding diaryl/α,β-unsaturated/α-hetero) is 1. The van der Waals surface area contributed by atoms with E-state index in [-0.39, 0.29) is 11.5 Å². The van der Waals surface area contributed by atoms with Crippen LogP contribution in [0.4, 0.5) is 13.2 Å². The Hall–Kier alpha value is -2.63. The molecule has 1 aromatic heterocycles. The Morgan fingerprint density at radius 2 is 2.15 bits per heavy atom. The van der Waals surface area contributed by atoms with Crippen LogP contribution < -0.4 is 5.43 Å². The van der Waals surface area contributed by atoms with Crippen LogP contribution in [-0.4, -0.2) is 23.6 Å². The average molecular weight is 287 g/mol. The number of carbonyl (C=O) groups is 2. The van der Waals surface area contributed by atoms with Gasteiger partial charge < -0.3 is 4.42 Å². The lowest BCUT2D eigenvalue weighted by atomic mass is 10.1. The molecule has 0 spiro atoms. The van der Waals surface area contributed by atoms with E-state index in [1.807, 2.05) is 5.43 Å². The first kappa shape index (κ1) is 15.4. The molecule has 1 rings (SSSR count). The number of hydrogen-bond acceptors (Lipinski definition) is 5. The van der Waals surface area contributed by atoms with Crippen LogP contribution in [0.15, 0.2) is 27.9 Å². The van der Waals surface area contributed by atoms with E-state index in [9.17, 15) is 22.8 Å². The Labute approximate surface area is 110 Å². The Bertz CT molecular complexity index is 556. The van der Waals surface area contributed by atoms with Gasteiger partial charge in [-0.3, -0.25) is 9.59 Å². The normalized spacial score (nSPS) is 11.8. The van der Waals surface area contributed by atoms with E-state index in [0.717, 1.165) is 0 Å². The number of rotatable bonds is 5. The second-order valence-electron chi connectivity index (χ2n) is 3.50. The Balaban J connectivity index is 2.88. The highest BCUT2D eigenvalue weighted by Crippen LogP contribution is 2.19. The first-order valence-corrected chi connectivity index (χ1v) is 5.21. The summed E-state index contributed by atoms with van der Waals surface area (Å²) in [6, 6.07) is 4.22. The van der Waals surface area contributed by atoms with E-state index in [1.165, 1.54) is 24.5 Å². The first-order valence-electron chi connectivity index (χ1n) is 5.21. The molecule has 0 fully saturated rings. The fraction of sp³-hybridized carbons (Fsp3) is 0.273. The fourth-order valence-corrected chi connectivity index (χ4v) is 1.12. The minimum atomic E-state index is -5.01. The summed E-state index contributed by atoms with van der Waals surface area (Å²) in [5.74, 6) is -2.92. The van der Waals surface area contributed by atoms with Gasteiger partial charge in [0.05, 0.1) is 18.8 Å². The maximum atomic E-state index is 12.2. The molecule has 0 aromatic carbocycles. The lowest BCUT2D eigenvalue weighted by Crippen LogP contribution is -2.27. The van der Waals surface area contributed by atoms with Gasteiger partial charge in [-0.25, -0.2) is 5.43 Å². The first-order chi connectivity index (χ1) is 9.34. The Morgan fingerprint density at radius 3 is 2.65 bits per heavy atom. The summed E-state index contributed by atoms with van der Waals surface area (Å²) in [5, 5.41) is 11.6. The van der Waals surface area contributed by atoms with Gasteiger partial charge >= 0.3 is 6.18 Å². The number of nitrogens with one attached hydrogen (secondary N) is 1.